The van der Waals surface area contributed by atoms with E-state index in [0.717, 1.165) is 19.3 Å². The molecule has 4 N–H and O–H groups in total. The quantitative estimate of drug-likeness (QED) is 0.571. The molecule has 0 radical (unpaired) electrons. The summed E-state index contributed by atoms with van der Waals surface area (Å²) in [5, 5.41) is 0. The Morgan fingerprint density at radius 3 is 2.37 bits per heavy atom. The van der Waals surface area contributed by atoms with Gasteiger partial charge < -0.3 is 11.5 Å². The lowest BCUT2D eigenvalue weighted by atomic mass is 9.87. The van der Waals surface area contributed by atoms with Gasteiger partial charge in [-0.05, 0) is 37.8 Å². The summed E-state index contributed by atoms with van der Waals surface area (Å²) in [4.78, 5) is 9.97. The van der Waals surface area contributed by atoms with Crippen LogP contribution in [-0.2, 0) is 0 Å². The van der Waals surface area contributed by atoms with E-state index in [4.69, 9.17) is 11.5 Å². The first-order valence-corrected chi connectivity index (χ1v) is 12.6. The Morgan fingerprint density at radius 2 is 1.74 bits per heavy atom. The van der Waals surface area contributed by atoms with Crippen LogP contribution in [0.5, 0.6) is 0 Å². The van der Waals surface area contributed by atoms with Gasteiger partial charge in [-0.3, -0.25) is 4.90 Å². The Labute approximate surface area is 159 Å². The molecule has 0 aromatic heterocycles. The van der Waals surface area contributed by atoms with Crippen molar-refractivity contribution in [2.45, 2.75) is 57.4 Å². The van der Waals surface area contributed by atoms with Crippen LogP contribution in [0.4, 0.5) is 14.5 Å². The summed E-state index contributed by atoms with van der Waals surface area (Å²) in [6, 6.07) is 2.99. The van der Waals surface area contributed by atoms with E-state index in [0.29, 0.717) is 12.8 Å². The average Bonchev–Trinajstić information content (AvgIpc) is 2.57. The van der Waals surface area contributed by atoms with E-state index in [1.165, 1.54) is 17.0 Å². The van der Waals surface area contributed by atoms with Gasteiger partial charge in [0.1, 0.15) is 13.7 Å². The van der Waals surface area contributed by atoms with Crippen molar-refractivity contribution in [2.75, 3.05) is 4.90 Å². The largest absolute Gasteiger partial charge is 0.369 e. The van der Waals surface area contributed by atoms with Crippen molar-refractivity contribution in [3.8, 4) is 11.5 Å². The molecule has 144 valence electrons. The highest BCUT2D eigenvalue weighted by Crippen LogP contribution is 2.40. The zero-order valence-electron chi connectivity index (χ0n) is 15.9. The smallest absolute Gasteiger partial charge is 0.220 e. The molecule has 1 heterocycles. The van der Waals surface area contributed by atoms with Crippen molar-refractivity contribution in [3.63, 3.8) is 0 Å². The van der Waals surface area contributed by atoms with Crippen LogP contribution in [0.1, 0.15) is 37.7 Å². The molecule has 0 bridgehead atoms. The molecule has 0 atom stereocenters. The molecular formula is C19H25F2N5Si. The number of guanidine groups is 2. The van der Waals surface area contributed by atoms with Crippen LogP contribution in [0.2, 0.25) is 19.6 Å². The summed E-state index contributed by atoms with van der Waals surface area (Å²) in [5.74, 6) is 0.924. The summed E-state index contributed by atoms with van der Waals surface area (Å²) in [6.07, 6.45) is 4.18. The molecule has 1 fully saturated rings. The van der Waals surface area contributed by atoms with E-state index in [1.54, 1.807) is 0 Å². The third-order valence-electron chi connectivity index (χ3n) is 4.73. The van der Waals surface area contributed by atoms with E-state index in [-0.39, 0.29) is 23.2 Å². The second kappa shape index (κ2) is 6.96. The number of hydrogen-bond acceptors (Lipinski definition) is 5. The van der Waals surface area contributed by atoms with Crippen LogP contribution < -0.4 is 16.4 Å². The predicted octanol–water partition coefficient (Wildman–Crippen LogP) is 3.30. The second-order valence-corrected chi connectivity index (χ2v) is 12.8. The summed E-state index contributed by atoms with van der Waals surface area (Å²) < 4.78 is 29.7. The number of nitrogens with two attached hydrogens (primary N) is 2. The van der Waals surface area contributed by atoms with Crippen LogP contribution in [0, 0.1) is 23.1 Å². The summed E-state index contributed by atoms with van der Waals surface area (Å²) in [6.45, 7) is 6.13. The Hall–Kier alpha value is -2.40. The maximum absolute atomic E-state index is 15.0. The number of rotatable bonds is 1. The van der Waals surface area contributed by atoms with Gasteiger partial charge in [0.2, 0.25) is 11.9 Å². The molecule has 8 heteroatoms. The highest BCUT2D eigenvalue weighted by atomic mass is 28.3. The number of aliphatic imine (C=N–C) groups is 2. The van der Waals surface area contributed by atoms with E-state index in [9.17, 15) is 4.39 Å². The SMILES string of the molecule is C[Si](C)(C)C#Cc1ccc(N2C(N)=NC(N)=NC23CCCCC3)c(F)c1F. The number of anilines is 1. The number of hydrogen-bond donors (Lipinski definition) is 2. The number of halogens is 2. The summed E-state index contributed by atoms with van der Waals surface area (Å²) >= 11 is 0. The summed E-state index contributed by atoms with van der Waals surface area (Å²) in [7, 11) is -1.71. The first-order chi connectivity index (χ1) is 12.6. The van der Waals surface area contributed by atoms with Gasteiger partial charge in [-0.15, -0.1) is 5.54 Å². The fourth-order valence-electron chi connectivity index (χ4n) is 3.53. The van der Waals surface area contributed by atoms with Gasteiger partial charge >= 0.3 is 0 Å². The molecule has 0 amide bonds. The van der Waals surface area contributed by atoms with Crippen molar-refractivity contribution in [1.29, 1.82) is 0 Å². The minimum Gasteiger partial charge on any atom is -0.369 e. The van der Waals surface area contributed by atoms with Crippen LogP contribution >= 0.6 is 0 Å². The molecule has 0 saturated heterocycles. The lowest BCUT2D eigenvalue weighted by molar-refractivity contribution is 0.303. The van der Waals surface area contributed by atoms with Crippen molar-refractivity contribution in [2.24, 2.45) is 21.5 Å². The fourth-order valence-corrected chi connectivity index (χ4v) is 4.04. The molecular weight excluding hydrogens is 364 g/mol. The predicted molar refractivity (Wildman–Crippen MR) is 108 cm³/mol. The lowest BCUT2D eigenvalue weighted by Crippen LogP contribution is -2.58. The fraction of sp³-hybridized carbons (Fsp3) is 0.474. The minimum absolute atomic E-state index is 0.0189. The first kappa shape index (κ1) is 19.4. The van der Waals surface area contributed by atoms with Gasteiger partial charge in [-0.2, -0.15) is 4.99 Å². The number of benzene rings is 1. The van der Waals surface area contributed by atoms with Gasteiger partial charge in [0, 0.05) is 0 Å². The van der Waals surface area contributed by atoms with Crippen molar-refractivity contribution in [1.82, 2.24) is 0 Å². The maximum Gasteiger partial charge on any atom is 0.220 e. The zero-order chi connectivity index (χ0) is 19.8. The standard InChI is InChI=1S/C19H25F2N5Si/c1-27(2,3)12-9-13-7-8-14(16(21)15(13)20)26-18(23)24-17(22)25-19(26)10-5-4-6-11-19/h7-8H,4-6,10-11H2,1-3H3,(H4,22,23,24,25). The Bertz CT molecular complexity index is 871. The molecule has 1 spiro atoms. The second-order valence-electron chi connectivity index (χ2n) is 8.08. The van der Waals surface area contributed by atoms with E-state index >= 15 is 4.39 Å². The molecule has 0 unspecified atom stereocenters. The van der Waals surface area contributed by atoms with Crippen LogP contribution in [0.15, 0.2) is 22.1 Å². The Kier molecular flexibility index (Phi) is 4.99. The van der Waals surface area contributed by atoms with E-state index in [2.05, 4.69) is 21.4 Å². The summed E-state index contributed by atoms with van der Waals surface area (Å²) in [5.41, 5.74) is 14.2. The van der Waals surface area contributed by atoms with Crippen molar-refractivity contribution < 1.29 is 8.78 Å². The highest BCUT2D eigenvalue weighted by molar-refractivity contribution is 6.83. The molecule has 1 aromatic carbocycles. The lowest BCUT2D eigenvalue weighted by Gasteiger charge is -2.45. The Balaban J connectivity index is 2.08. The number of nitrogens with zero attached hydrogens (tertiary/aromatic N) is 3. The molecule has 5 nitrogen and oxygen atoms in total. The monoisotopic (exact) mass is 389 g/mol. The van der Waals surface area contributed by atoms with E-state index < -0.39 is 25.4 Å². The van der Waals surface area contributed by atoms with Gasteiger partial charge in [-0.25, -0.2) is 13.8 Å². The van der Waals surface area contributed by atoms with Gasteiger partial charge in [-0.1, -0.05) is 32.0 Å². The van der Waals surface area contributed by atoms with Gasteiger partial charge in [0.25, 0.3) is 0 Å². The molecule has 1 aliphatic carbocycles. The van der Waals surface area contributed by atoms with Gasteiger partial charge in [0.05, 0.1) is 11.3 Å². The molecule has 2 aliphatic rings. The molecule has 1 aromatic rings. The Morgan fingerprint density at radius 1 is 1.07 bits per heavy atom. The van der Waals surface area contributed by atoms with Crippen LogP contribution in [-0.4, -0.2) is 25.7 Å². The average molecular weight is 390 g/mol. The van der Waals surface area contributed by atoms with Gasteiger partial charge in [0.15, 0.2) is 11.6 Å². The van der Waals surface area contributed by atoms with Crippen LogP contribution in [0.25, 0.3) is 0 Å². The minimum atomic E-state index is -1.71. The maximum atomic E-state index is 15.0. The van der Waals surface area contributed by atoms with Crippen molar-refractivity contribution in [3.05, 3.63) is 29.3 Å². The molecule has 1 saturated carbocycles. The normalized spacial score (nSPS) is 19.2. The third kappa shape index (κ3) is 3.83. The zero-order valence-corrected chi connectivity index (χ0v) is 16.9. The molecule has 3 rings (SSSR count). The molecule has 1 aliphatic heterocycles. The van der Waals surface area contributed by atoms with Crippen molar-refractivity contribution >= 4 is 25.7 Å². The van der Waals surface area contributed by atoms with Crippen LogP contribution in [0.3, 0.4) is 0 Å². The molecule has 27 heavy (non-hydrogen) atoms. The van der Waals surface area contributed by atoms with E-state index in [1.807, 2.05) is 19.6 Å². The third-order valence-corrected chi connectivity index (χ3v) is 5.60. The first-order valence-electron chi connectivity index (χ1n) is 9.14. The highest BCUT2D eigenvalue weighted by Gasteiger charge is 2.43. The topological polar surface area (TPSA) is 80.0 Å².